The van der Waals surface area contributed by atoms with Gasteiger partial charge in [-0.25, -0.2) is 13.4 Å². The minimum absolute atomic E-state index is 0.0573. The molecular weight excluding hydrogens is 350 g/mol. The summed E-state index contributed by atoms with van der Waals surface area (Å²) in [5.74, 6) is 1.43. The van der Waals surface area contributed by atoms with Crippen LogP contribution in [0.15, 0.2) is 35.5 Å². The van der Waals surface area contributed by atoms with Gasteiger partial charge in [0.1, 0.15) is 22.1 Å². The molecule has 0 saturated carbocycles. The minimum Gasteiger partial charge on any atom is -0.486 e. The van der Waals surface area contributed by atoms with Crippen LogP contribution in [0.2, 0.25) is 0 Å². The topological polar surface area (TPSA) is 64.4 Å². The normalized spacial score (nSPS) is 22.3. The summed E-state index contributed by atoms with van der Waals surface area (Å²) >= 11 is 0. The van der Waals surface area contributed by atoms with Gasteiger partial charge < -0.3 is 9.30 Å². The number of aromatic nitrogens is 2. The predicted octanol–water partition coefficient (Wildman–Crippen LogP) is 2.76. The molecule has 0 aliphatic carbocycles. The summed E-state index contributed by atoms with van der Waals surface area (Å²) in [5.41, 5.74) is 0.601. The monoisotopic (exact) mass is 375 g/mol. The Morgan fingerprint density at radius 1 is 1.35 bits per heavy atom. The average Bonchev–Trinajstić information content (AvgIpc) is 3.25. The van der Waals surface area contributed by atoms with Crippen molar-refractivity contribution in [1.29, 1.82) is 0 Å². The van der Waals surface area contributed by atoms with Gasteiger partial charge in [-0.2, -0.15) is 4.31 Å². The molecule has 0 bridgehead atoms. The van der Waals surface area contributed by atoms with Gasteiger partial charge in [0, 0.05) is 37.9 Å². The van der Waals surface area contributed by atoms with Crippen LogP contribution in [0.4, 0.5) is 0 Å². The van der Waals surface area contributed by atoms with Gasteiger partial charge in [0.25, 0.3) is 0 Å². The van der Waals surface area contributed by atoms with Crippen LogP contribution in [0.25, 0.3) is 0 Å². The highest BCUT2D eigenvalue weighted by Gasteiger charge is 2.40. The molecular formula is C19H25N3O3S. The highest BCUT2D eigenvalue weighted by atomic mass is 32.2. The first-order valence-electron chi connectivity index (χ1n) is 9.08. The third-order valence-electron chi connectivity index (χ3n) is 5.30. The molecule has 1 aromatic carbocycles. The van der Waals surface area contributed by atoms with Gasteiger partial charge in [0.05, 0.1) is 0 Å². The lowest BCUT2D eigenvalue weighted by Gasteiger charge is -2.26. The number of sulfonamides is 1. The summed E-state index contributed by atoms with van der Waals surface area (Å²) in [4.78, 5) is 4.54. The largest absolute Gasteiger partial charge is 0.486 e. The van der Waals surface area contributed by atoms with E-state index in [2.05, 4.69) is 4.98 Å². The molecule has 26 heavy (non-hydrogen) atoms. The Balaban J connectivity index is 1.67. The zero-order chi connectivity index (χ0) is 18.5. The number of para-hydroxylation sites is 1. The molecule has 140 valence electrons. The second-order valence-electron chi connectivity index (χ2n) is 7.82. The van der Waals surface area contributed by atoms with Crippen molar-refractivity contribution in [3.8, 4) is 5.75 Å². The lowest BCUT2D eigenvalue weighted by molar-refractivity contribution is 0.134. The van der Waals surface area contributed by atoms with E-state index in [1.54, 1.807) is 16.6 Å². The van der Waals surface area contributed by atoms with Crippen molar-refractivity contribution < 1.29 is 13.2 Å². The minimum atomic E-state index is -3.60. The Morgan fingerprint density at radius 2 is 2.15 bits per heavy atom. The lowest BCUT2D eigenvalue weighted by atomic mass is 10.0. The Hall–Kier alpha value is -1.86. The fraction of sp³-hybridized carbons (Fsp3) is 0.526. The van der Waals surface area contributed by atoms with Crippen LogP contribution in [-0.2, 0) is 23.0 Å². The first-order chi connectivity index (χ1) is 12.3. The van der Waals surface area contributed by atoms with E-state index in [4.69, 9.17) is 4.74 Å². The lowest BCUT2D eigenvalue weighted by Crippen LogP contribution is -2.38. The maximum absolute atomic E-state index is 13.5. The summed E-state index contributed by atoms with van der Waals surface area (Å²) in [6.45, 7) is 7.10. The molecule has 3 heterocycles. The van der Waals surface area contributed by atoms with E-state index in [1.165, 1.54) is 0 Å². The molecule has 1 atom stereocenters. The van der Waals surface area contributed by atoms with Crippen LogP contribution < -0.4 is 4.74 Å². The van der Waals surface area contributed by atoms with Crippen molar-refractivity contribution in [3.63, 3.8) is 0 Å². The maximum Gasteiger partial charge on any atom is 0.247 e. The van der Waals surface area contributed by atoms with E-state index < -0.39 is 10.0 Å². The van der Waals surface area contributed by atoms with E-state index >= 15 is 0 Å². The van der Waals surface area contributed by atoms with Gasteiger partial charge in [-0.1, -0.05) is 12.1 Å². The van der Waals surface area contributed by atoms with Gasteiger partial charge in [-0.3, -0.25) is 0 Å². The standard InChI is InChI=1S/C19H25N3O3S/c1-14-20-9-11-21(14)13-16-7-5-10-22(16)26(23,24)17-8-4-6-15-12-19(2,3)25-18(15)17/h4,6,8-9,11,16H,5,7,10,12-13H2,1-3H3. The second kappa shape index (κ2) is 6.09. The molecule has 0 radical (unpaired) electrons. The van der Waals surface area contributed by atoms with Gasteiger partial charge in [-0.15, -0.1) is 0 Å². The third kappa shape index (κ3) is 2.93. The van der Waals surface area contributed by atoms with Crippen molar-refractivity contribution >= 4 is 10.0 Å². The number of ether oxygens (including phenoxy) is 1. The smallest absolute Gasteiger partial charge is 0.247 e. The van der Waals surface area contributed by atoms with Crippen LogP contribution in [0.1, 0.15) is 38.1 Å². The average molecular weight is 375 g/mol. The summed E-state index contributed by atoms with van der Waals surface area (Å²) < 4.78 is 36.6. The molecule has 6 nitrogen and oxygen atoms in total. The Bertz CT molecular complexity index is 933. The van der Waals surface area contributed by atoms with Crippen LogP contribution in [-0.4, -0.2) is 40.5 Å². The number of benzene rings is 1. The van der Waals surface area contributed by atoms with Gasteiger partial charge >= 0.3 is 0 Å². The molecule has 0 N–H and O–H groups in total. The maximum atomic E-state index is 13.5. The molecule has 1 unspecified atom stereocenters. The molecule has 1 fully saturated rings. The summed E-state index contributed by atoms with van der Waals surface area (Å²) in [6, 6.07) is 5.40. The molecule has 0 spiro atoms. The van der Waals surface area contributed by atoms with E-state index in [-0.39, 0.29) is 11.6 Å². The van der Waals surface area contributed by atoms with Crippen LogP contribution in [0.5, 0.6) is 5.75 Å². The third-order valence-corrected chi connectivity index (χ3v) is 7.27. The van der Waals surface area contributed by atoms with Crippen molar-refractivity contribution in [2.75, 3.05) is 6.54 Å². The SMILES string of the molecule is Cc1nccn1CC1CCCN1S(=O)(=O)c1cccc2c1OC(C)(C)C2. The zero-order valence-electron chi connectivity index (χ0n) is 15.5. The predicted molar refractivity (Wildman–Crippen MR) is 98.7 cm³/mol. The number of hydrogen-bond acceptors (Lipinski definition) is 4. The molecule has 7 heteroatoms. The summed E-state index contributed by atoms with van der Waals surface area (Å²) in [5, 5.41) is 0. The van der Waals surface area contributed by atoms with E-state index in [0.717, 1.165) is 30.7 Å². The Labute approximate surface area is 154 Å². The fourth-order valence-electron chi connectivity index (χ4n) is 4.05. The second-order valence-corrected chi connectivity index (χ2v) is 9.68. The Kier molecular flexibility index (Phi) is 4.11. The zero-order valence-corrected chi connectivity index (χ0v) is 16.3. The molecule has 1 saturated heterocycles. The number of nitrogens with zero attached hydrogens (tertiary/aromatic N) is 3. The highest BCUT2D eigenvalue weighted by molar-refractivity contribution is 7.89. The van der Waals surface area contributed by atoms with Crippen molar-refractivity contribution in [2.24, 2.45) is 0 Å². The van der Waals surface area contributed by atoms with Gasteiger partial charge in [0.15, 0.2) is 0 Å². The highest BCUT2D eigenvalue weighted by Crippen LogP contribution is 2.41. The first-order valence-corrected chi connectivity index (χ1v) is 10.5. The number of aryl methyl sites for hydroxylation is 1. The van der Waals surface area contributed by atoms with Crippen molar-refractivity contribution in [3.05, 3.63) is 42.0 Å². The quantitative estimate of drug-likeness (QED) is 0.824. The van der Waals surface area contributed by atoms with E-state index in [1.807, 2.05) is 43.7 Å². The molecule has 0 amide bonds. The first kappa shape index (κ1) is 17.5. The molecule has 2 aromatic rings. The number of hydrogen-bond donors (Lipinski definition) is 0. The van der Waals surface area contributed by atoms with E-state index in [0.29, 0.717) is 23.7 Å². The summed E-state index contributed by atoms with van der Waals surface area (Å²) in [7, 11) is -3.60. The number of rotatable bonds is 4. The molecule has 2 aliphatic rings. The Morgan fingerprint density at radius 3 is 2.88 bits per heavy atom. The fourth-order valence-corrected chi connectivity index (χ4v) is 5.89. The van der Waals surface area contributed by atoms with Crippen LogP contribution in [0, 0.1) is 6.92 Å². The van der Waals surface area contributed by atoms with Crippen molar-refractivity contribution in [1.82, 2.24) is 13.9 Å². The molecule has 1 aromatic heterocycles. The molecule has 4 rings (SSSR count). The van der Waals surface area contributed by atoms with E-state index in [9.17, 15) is 8.42 Å². The molecule has 2 aliphatic heterocycles. The van der Waals surface area contributed by atoms with Crippen molar-refractivity contribution in [2.45, 2.75) is 63.1 Å². The summed E-state index contributed by atoms with van der Waals surface area (Å²) in [6.07, 6.45) is 6.12. The number of fused-ring (bicyclic) bond motifs is 1. The van der Waals surface area contributed by atoms with Gasteiger partial charge in [0.2, 0.25) is 10.0 Å². The van der Waals surface area contributed by atoms with Gasteiger partial charge in [-0.05, 0) is 45.2 Å². The number of imidazole rings is 1. The van der Waals surface area contributed by atoms with Crippen LogP contribution in [0.3, 0.4) is 0 Å². The van der Waals surface area contributed by atoms with Crippen LogP contribution >= 0.6 is 0 Å².